The molecular weight excluding hydrogens is 412 g/mol. The van der Waals surface area contributed by atoms with Crippen LogP contribution in [0, 0.1) is 11.8 Å². The normalized spacial score (nSPS) is 27.2. The summed E-state index contributed by atoms with van der Waals surface area (Å²) < 4.78 is 1.81. The van der Waals surface area contributed by atoms with Gasteiger partial charge in [-0.25, -0.2) is 0 Å². The van der Waals surface area contributed by atoms with Crippen molar-refractivity contribution in [3.63, 3.8) is 0 Å². The second-order valence-electron chi connectivity index (χ2n) is 9.06. The summed E-state index contributed by atoms with van der Waals surface area (Å²) >= 11 is 0. The fraction of sp³-hybridized carbons (Fsp3) is 0.773. The van der Waals surface area contributed by atoms with Gasteiger partial charge in [-0.2, -0.15) is 0 Å². The molecule has 0 radical (unpaired) electrons. The van der Waals surface area contributed by atoms with Crippen LogP contribution in [0.3, 0.4) is 0 Å². The van der Waals surface area contributed by atoms with Crippen molar-refractivity contribution in [2.45, 2.75) is 70.5 Å². The van der Waals surface area contributed by atoms with Crippen LogP contribution in [-0.4, -0.2) is 86.2 Å². The van der Waals surface area contributed by atoms with Crippen LogP contribution >= 0.6 is 0 Å². The third-order valence-electron chi connectivity index (χ3n) is 6.97. The highest BCUT2D eigenvalue weighted by molar-refractivity contribution is 5.78. The number of unbranched alkanes of at least 4 members (excludes halogenated alkanes) is 1. The molecule has 3 fully saturated rings. The monoisotopic (exact) mass is 448 g/mol. The highest BCUT2D eigenvalue weighted by Gasteiger charge is 2.49. The van der Waals surface area contributed by atoms with E-state index in [1.807, 2.05) is 4.57 Å². The second kappa shape index (κ2) is 11.9. The average molecular weight is 449 g/mol. The zero-order valence-corrected chi connectivity index (χ0v) is 18.9. The van der Waals surface area contributed by atoms with Gasteiger partial charge >= 0.3 is 0 Å². The van der Waals surface area contributed by atoms with E-state index in [0.717, 1.165) is 32.5 Å². The van der Waals surface area contributed by atoms with Gasteiger partial charge in [0.25, 0.3) is 6.47 Å². The fourth-order valence-electron chi connectivity index (χ4n) is 5.57. The Balaban J connectivity index is 0.000000913. The van der Waals surface area contributed by atoms with Gasteiger partial charge in [0.1, 0.15) is 12.7 Å². The van der Waals surface area contributed by atoms with Gasteiger partial charge in [-0.05, 0) is 44.1 Å². The zero-order valence-electron chi connectivity index (χ0n) is 18.9. The topological polar surface area (TPSA) is 121 Å². The Hall–Kier alpha value is -2.49. The lowest BCUT2D eigenvalue weighted by Crippen LogP contribution is -2.67. The van der Waals surface area contributed by atoms with E-state index in [4.69, 9.17) is 9.90 Å². The molecule has 3 aliphatic heterocycles. The molecule has 2 N–H and O–H groups in total. The van der Waals surface area contributed by atoms with Crippen LogP contribution in [0.2, 0.25) is 0 Å². The molecule has 4 heterocycles. The van der Waals surface area contributed by atoms with Crippen molar-refractivity contribution < 1.29 is 19.5 Å². The number of likely N-dealkylation sites (tertiary alicyclic amines) is 1. The van der Waals surface area contributed by atoms with Crippen molar-refractivity contribution in [1.29, 1.82) is 0 Å². The summed E-state index contributed by atoms with van der Waals surface area (Å²) in [5.41, 5.74) is 0. The van der Waals surface area contributed by atoms with E-state index in [1.54, 1.807) is 12.7 Å². The molecule has 2 bridgehead atoms. The Kier molecular flexibility index (Phi) is 9.01. The van der Waals surface area contributed by atoms with E-state index in [2.05, 4.69) is 32.2 Å². The average Bonchev–Trinajstić information content (AvgIpc) is 3.31. The first-order chi connectivity index (χ1) is 15.6. The number of carboxylic acid groups (broad SMARTS) is 1. The molecule has 2 amide bonds. The molecular formula is C22H36N6O4. The van der Waals surface area contributed by atoms with E-state index < -0.39 is 0 Å². The Labute approximate surface area is 189 Å². The number of aryl methyl sites for hydroxylation is 1. The molecule has 3 aliphatic rings. The first-order valence-electron chi connectivity index (χ1n) is 11.8. The van der Waals surface area contributed by atoms with Crippen LogP contribution in [0.1, 0.15) is 51.9 Å². The molecule has 4 atom stereocenters. The molecule has 1 aromatic rings. The van der Waals surface area contributed by atoms with Crippen LogP contribution in [-0.2, 0) is 20.9 Å². The van der Waals surface area contributed by atoms with Crippen LogP contribution in [0.4, 0.5) is 0 Å². The second-order valence-corrected chi connectivity index (χ2v) is 9.06. The summed E-state index contributed by atoms with van der Waals surface area (Å²) in [5, 5.41) is 17.5. The minimum atomic E-state index is -0.250. The highest BCUT2D eigenvalue weighted by atomic mass is 16.3. The summed E-state index contributed by atoms with van der Waals surface area (Å²) in [6.45, 7) is 6.47. The molecule has 0 unspecified atom stereocenters. The van der Waals surface area contributed by atoms with Crippen molar-refractivity contribution in [2.24, 2.45) is 11.8 Å². The molecule has 0 spiro atoms. The quantitative estimate of drug-likeness (QED) is 0.569. The van der Waals surface area contributed by atoms with Gasteiger partial charge in [0, 0.05) is 45.1 Å². The van der Waals surface area contributed by atoms with Crippen molar-refractivity contribution >= 4 is 18.3 Å². The maximum atomic E-state index is 12.8. The Morgan fingerprint density at radius 1 is 1.25 bits per heavy atom. The molecule has 0 saturated carbocycles. The van der Waals surface area contributed by atoms with Crippen molar-refractivity contribution in [3.8, 4) is 0 Å². The largest absolute Gasteiger partial charge is 0.483 e. The van der Waals surface area contributed by atoms with Crippen molar-refractivity contribution in [2.75, 3.05) is 26.2 Å². The maximum absolute atomic E-state index is 12.8. The Bertz CT molecular complexity index is 743. The number of aromatic nitrogens is 3. The number of nitrogens with one attached hydrogen (secondary N) is 1. The SMILES string of the molecule is CCCCN1C[C@H]2C[C@@H](C1)[C@H](CNC(=O)CCn1cnnc1)N1C(=O)CCC[C@@H]21.O=CO. The minimum Gasteiger partial charge on any atom is -0.483 e. The van der Waals surface area contributed by atoms with Gasteiger partial charge in [0.2, 0.25) is 11.8 Å². The first-order valence-corrected chi connectivity index (χ1v) is 11.8. The number of rotatable bonds is 8. The van der Waals surface area contributed by atoms with Gasteiger partial charge in [0.05, 0.1) is 6.04 Å². The summed E-state index contributed by atoms with van der Waals surface area (Å²) in [6.07, 6.45) is 10.1. The minimum absolute atomic E-state index is 0.0282. The number of hydrogen-bond acceptors (Lipinski definition) is 6. The van der Waals surface area contributed by atoms with Crippen LogP contribution in [0.15, 0.2) is 12.7 Å². The van der Waals surface area contributed by atoms with Crippen molar-refractivity contribution in [3.05, 3.63) is 12.7 Å². The molecule has 4 rings (SSSR count). The van der Waals surface area contributed by atoms with Crippen LogP contribution in [0.5, 0.6) is 0 Å². The van der Waals surface area contributed by atoms with Crippen LogP contribution in [0.25, 0.3) is 0 Å². The van der Waals surface area contributed by atoms with Gasteiger partial charge in [-0.3, -0.25) is 14.4 Å². The van der Waals surface area contributed by atoms with Gasteiger partial charge in [-0.15, -0.1) is 10.2 Å². The predicted molar refractivity (Wildman–Crippen MR) is 118 cm³/mol. The molecule has 10 nitrogen and oxygen atoms in total. The van der Waals surface area contributed by atoms with E-state index in [0.29, 0.717) is 49.7 Å². The van der Waals surface area contributed by atoms with Crippen molar-refractivity contribution in [1.82, 2.24) is 29.9 Å². The van der Waals surface area contributed by atoms with Gasteiger partial charge in [0.15, 0.2) is 0 Å². The maximum Gasteiger partial charge on any atom is 0.290 e. The van der Waals surface area contributed by atoms with E-state index in [1.165, 1.54) is 19.3 Å². The summed E-state index contributed by atoms with van der Waals surface area (Å²) in [5.74, 6) is 1.37. The Morgan fingerprint density at radius 2 is 1.97 bits per heavy atom. The van der Waals surface area contributed by atoms with Crippen LogP contribution < -0.4 is 5.32 Å². The highest BCUT2D eigenvalue weighted by Crippen LogP contribution is 2.41. The van der Waals surface area contributed by atoms with E-state index in [9.17, 15) is 9.59 Å². The number of piperidine rings is 3. The number of fused-ring (bicyclic) bond motifs is 4. The number of nitrogens with zero attached hydrogens (tertiary/aromatic N) is 5. The summed E-state index contributed by atoms with van der Waals surface area (Å²) in [4.78, 5) is 38.4. The van der Waals surface area contributed by atoms with E-state index in [-0.39, 0.29) is 18.4 Å². The summed E-state index contributed by atoms with van der Waals surface area (Å²) in [7, 11) is 0. The molecule has 10 heteroatoms. The third kappa shape index (κ3) is 6.05. The zero-order chi connectivity index (χ0) is 22.9. The lowest BCUT2D eigenvalue weighted by Gasteiger charge is -2.56. The fourth-order valence-corrected chi connectivity index (χ4v) is 5.57. The molecule has 0 aromatic carbocycles. The Morgan fingerprint density at radius 3 is 2.69 bits per heavy atom. The molecule has 32 heavy (non-hydrogen) atoms. The number of amides is 2. The number of hydrogen-bond donors (Lipinski definition) is 2. The summed E-state index contributed by atoms with van der Waals surface area (Å²) in [6, 6.07) is 0.489. The number of carbonyl (C=O) groups excluding carboxylic acids is 2. The predicted octanol–water partition coefficient (Wildman–Crippen LogP) is 0.987. The van der Waals surface area contributed by atoms with Gasteiger partial charge in [-0.1, -0.05) is 13.3 Å². The lowest BCUT2D eigenvalue weighted by molar-refractivity contribution is -0.153. The third-order valence-corrected chi connectivity index (χ3v) is 6.97. The molecule has 1 aromatic heterocycles. The van der Waals surface area contributed by atoms with Gasteiger partial charge < -0.3 is 24.8 Å². The smallest absolute Gasteiger partial charge is 0.290 e. The molecule has 3 saturated heterocycles. The first kappa shape index (κ1) is 24.2. The molecule has 0 aliphatic carbocycles. The lowest BCUT2D eigenvalue weighted by atomic mass is 9.72. The van der Waals surface area contributed by atoms with E-state index >= 15 is 0 Å². The number of carbonyl (C=O) groups is 3. The standard InChI is InChI=1S/C21H34N6O2.CH2O2/c1-2-3-8-25-12-16-10-17(13-25)19(27-18(16)5-4-6-21(27)29)11-22-20(28)7-9-26-14-23-24-15-26;2-1-3/h14-19H,2-13H2,1H3,(H,22,28);1H,(H,2,3)/t16-,17+,18+,19+;/m1./s1. The molecule has 178 valence electrons.